The van der Waals surface area contributed by atoms with Gasteiger partial charge in [-0.15, -0.1) is 0 Å². The summed E-state index contributed by atoms with van der Waals surface area (Å²) in [6.07, 6.45) is 5.40. The highest BCUT2D eigenvalue weighted by atomic mass is 19.1. The number of halogens is 2. The molecule has 30 heavy (non-hydrogen) atoms. The van der Waals surface area contributed by atoms with Crippen molar-refractivity contribution >= 4 is 28.2 Å². The molecule has 0 spiro atoms. The molecule has 1 aromatic carbocycles. The summed E-state index contributed by atoms with van der Waals surface area (Å²) >= 11 is 0. The number of rotatable bonds is 7. The van der Waals surface area contributed by atoms with Crippen LogP contribution in [0.2, 0.25) is 0 Å². The first-order chi connectivity index (χ1) is 14.4. The predicted molar refractivity (Wildman–Crippen MR) is 109 cm³/mol. The minimum atomic E-state index is -1.46. The van der Waals surface area contributed by atoms with Crippen LogP contribution in [0.15, 0.2) is 35.4 Å². The van der Waals surface area contributed by atoms with Gasteiger partial charge in [-0.2, -0.15) is 0 Å². The Bertz CT molecular complexity index is 1190. The van der Waals surface area contributed by atoms with Gasteiger partial charge in [0.1, 0.15) is 11.3 Å². The number of benzene rings is 1. The lowest BCUT2D eigenvalue weighted by atomic mass is 10.1. The Morgan fingerprint density at radius 2 is 2.07 bits per heavy atom. The third-order valence-corrected chi connectivity index (χ3v) is 5.20. The summed E-state index contributed by atoms with van der Waals surface area (Å²) in [7, 11) is 0. The average molecular weight is 414 g/mol. The smallest absolute Gasteiger partial charge is 0.341 e. The molecule has 4 N–H and O–H groups in total. The van der Waals surface area contributed by atoms with Crippen molar-refractivity contribution in [3.8, 4) is 0 Å². The molecule has 3 aromatic rings. The fourth-order valence-electron chi connectivity index (χ4n) is 3.54. The number of hydrogen-bond donors (Lipinski definition) is 3. The molecule has 7 nitrogen and oxygen atoms in total. The molecule has 0 radical (unpaired) electrons. The minimum absolute atomic E-state index is 0.150. The van der Waals surface area contributed by atoms with Gasteiger partial charge in [-0.1, -0.05) is 6.07 Å². The van der Waals surface area contributed by atoms with Crippen molar-refractivity contribution in [2.75, 3.05) is 17.6 Å². The first-order valence-electron chi connectivity index (χ1n) is 9.62. The number of carboxylic acids is 1. The van der Waals surface area contributed by atoms with Gasteiger partial charge in [0.15, 0.2) is 11.6 Å². The van der Waals surface area contributed by atoms with E-state index < -0.39 is 45.4 Å². The molecule has 2 aromatic heterocycles. The SMILES string of the molecule is Nc1c(F)c(NCCCc2ccccn2)c(F)c2c1c(=O)c(C(=O)O)cn2C1CC1. The van der Waals surface area contributed by atoms with E-state index in [9.17, 15) is 19.1 Å². The van der Waals surface area contributed by atoms with Crippen LogP contribution >= 0.6 is 0 Å². The first kappa shape index (κ1) is 19.8. The van der Waals surface area contributed by atoms with Gasteiger partial charge < -0.3 is 20.7 Å². The summed E-state index contributed by atoms with van der Waals surface area (Å²) in [5.74, 6) is -3.51. The van der Waals surface area contributed by atoms with E-state index in [1.165, 1.54) is 4.57 Å². The number of aryl methyl sites for hydroxylation is 1. The fourth-order valence-corrected chi connectivity index (χ4v) is 3.54. The Hall–Kier alpha value is -3.49. The summed E-state index contributed by atoms with van der Waals surface area (Å²) in [6.45, 7) is 0.260. The Kier molecular flexibility index (Phi) is 5.11. The summed E-state index contributed by atoms with van der Waals surface area (Å²) < 4.78 is 31.6. The molecule has 0 amide bonds. The highest BCUT2D eigenvalue weighted by molar-refractivity contribution is 5.99. The van der Waals surface area contributed by atoms with Crippen LogP contribution in [-0.2, 0) is 6.42 Å². The van der Waals surface area contributed by atoms with Crippen molar-refractivity contribution in [2.45, 2.75) is 31.7 Å². The maximum Gasteiger partial charge on any atom is 0.341 e. The number of carboxylic acid groups (broad SMARTS) is 1. The number of fused-ring (bicyclic) bond motifs is 1. The zero-order chi connectivity index (χ0) is 21.4. The van der Waals surface area contributed by atoms with E-state index in [4.69, 9.17) is 5.73 Å². The average Bonchev–Trinajstić information content (AvgIpc) is 3.57. The van der Waals surface area contributed by atoms with Crippen molar-refractivity contribution in [3.05, 3.63) is 63.7 Å². The molecular formula is C21H20F2N4O3. The number of nitrogens with one attached hydrogen (secondary N) is 1. The maximum absolute atomic E-state index is 15.3. The standard InChI is InChI=1S/C21H20F2N4O3/c22-15-17(24)14-19(27(12-6-7-12)10-13(20(14)28)21(29)30)16(23)18(15)26-9-3-5-11-4-1-2-8-25-11/h1-2,4,8,10,12,26H,3,5-7,9,24H2,(H,29,30). The number of nitrogens with zero attached hydrogens (tertiary/aromatic N) is 2. The Balaban J connectivity index is 1.73. The Labute approximate surface area is 170 Å². The molecule has 0 aliphatic heterocycles. The molecule has 2 heterocycles. The molecule has 9 heteroatoms. The van der Waals surface area contributed by atoms with Crippen LogP contribution in [0.4, 0.5) is 20.2 Å². The molecule has 1 aliphatic rings. The molecule has 0 unspecified atom stereocenters. The second-order valence-electron chi connectivity index (χ2n) is 7.31. The molecule has 156 valence electrons. The van der Waals surface area contributed by atoms with E-state index >= 15 is 4.39 Å². The van der Waals surface area contributed by atoms with Gasteiger partial charge >= 0.3 is 5.97 Å². The van der Waals surface area contributed by atoms with Gasteiger partial charge in [0.05, 0.1) is 16.6 Å². The number of nitrogen functional groups attached to an aromatic ring is 1. The maximum atomic E-state index is 15.3. The van der Waals surface area contributed by atoms with Gasteiger partial charge in [-0.25, -0.2) is 13.6 Å². The first-order valence-corrected chi connectivity index (χ1v) is 9.62. The number of nitrogens with two attached hydrogens (primary N) is 1. The van der Waals surface area contributed by atoms with E-state index in [0.29, 0.717) is 25.7 Å². The van der Waals surface area contributed by atoms with Crippen molar-refractivity contribution in [1.82, 2.24) is 9.55 Å². The van der Waals surface area contributed by atoms with E-state index in [-0.39, 0.29) is 18.1 Å². The molecule has 0 bridgehead atoms. The fraction of sp³-hybridized carbons (Fsp3) is 0.286. The second kappa shape index (κ2) is 7.74. The monoisotopic (exact) mass is 414 g/mol. The van der Waals surface area contributed by atoms with E-state index in [0.717, 1.165) is 11.9 Å². The highest BCUT2D eigenvalue weighted by Gasteiger charge is 2.31. The summed E-state index contributed by atoms with van der Waals surface area (Å²) in [4.78, 5) is 28.2. The van der Waals surface area contributed by atoms with E-state index in [2.05, 4.69) is 10.3 Å². The van der Waals surface area contributed by atoms with Crippen LogP contribution < -0.4 is 16.5 Å². The normalized spacial score (nSPS) is 13.5. The molecule has 0 atom stereocenters. The lowest BCUT2D eigenvalue weighted by Gasteiger charge is -2.18. The molecule has 1 aliphatic carbocycles. The van der Waals surface area contributed by atoms with Crippen LogP contribution in [0.5, 0.6) is 0 Å². The third kappa shape index (κ3) is 3.47. The van der Waals surface area contributed by atoms with E-state index in [1.807, 2.05) is 12.1 Å². The lowest BCUT2D eigenvalue weighted by Crippen LogP contribution is -2.22. The predicted octanol–water partition coefficient (Wildman–Crippen LogP) is 3.33. The van der Waals surface area contributed by atoms with Crippen molar-refractivity contribution in [2.24, 2.45) is 0 Å². The van der Waals surface area contributed by atoms with Crippen LogP contribution in [0.3, 0.4) is 0 Å². The lowest BCUT2D eigenvalue weighted by molar-refractivity contribution is 0.0695. The zero-order valence-corrected chi connectivity index (χ0v) is 16.0. The number of aromatic nitrogens is 2. The van der Waals surface area contributed by atoms with Crippen molar-refractivity contribution in [3.63, 3.8) is 0 Å². The number of anilines is 2. The van der Waals surface area contributed by atoms with Crippen molar-refractivity contribution < 1.29 is 18.7 Å². The van der Waals surface area contributed by atoms with Crippen LogP contribution in [0.1, 0.15) is 41.4 Å². The zero-order valence-electron chi connectivity index (χ0n) is 16.0. The van der Waals surface area contributed by atoms with Gasteiger partial charge in [0.25, 0.3) is 0 Å². The Morgan fingerprint density at radius 1 is 1.30 bits per heavy atom. The summed E-state index contributed by atoms with van der Waals surface area (Å²) in [6, 6.07) is 5.38. The molecule has 0 saturated heterocycles. The van der Waals surface area contributed by atoms with Gasteiger partial charge in [0, 0.05) is 30.7 Å². The topological polar surface area (TPSA) is 110 Å². The summed E-state index contributed by atoms with van der Waals surface area (Å²) in [5, 5.41) is 11.6. The van der Waals surface area contributed by atoms with E-state index in [1.54, 1.807) is 12.3 Å². The molecule has 1 fully saturated rings. The summed E-state index contributed by atoms with van der Waals surface area (Å²) in [5.41, 5.74) is 4.01. The number of aromatic carboxylic acids is 1. The molecule has 1 saturated carbocycles. The minimum Gasteiger partial charge on any atom is -0.477 e. The largest absolute Gasteiger partial charge is 0.477 e. The number of pyridine rings is 2. The number of carbonyl (C=O) groups is 1. The molecule has 4 rings (SSSR count). The Morgan fingerprint density at radius 3 is 2.70 bits per heavy atom. The van der Waals surface area contributed by atoms with Gasteiger partial charge in [-0.05, 0) is 37.8 Å². The van der Waals surface area contributed by atoms with Crippen LogP contribution in [0.25, 0.3) is 10.9 Å². The highest BCUT2D eigenvalue weighted by Crippen LogP contribution is 2.40. The number of hydrogen-bond acceptors (Lipinski definition) is 5. The van der Waals surface area contributed by atoms with Gasteiger partial charge in [-0.3, -0.25) is 9.78 Å². The third-order valence-electron chi connectivity index (χ3n) is 5.20. The van der Waals surface area contributed by atoms with Gasteiger partial charge in [0.2, 0.25) is 5.43 Å². The second-order valence-corrected chi connectivity index (χ2v) is 7.31. The van der Waals surface area contributed by atoms with Crippen molar-refractivity contribution in [1.29, 1.82) is 0 Å². The van der Waals surface area contributed by atoms with Crippen LogP contribution in [-0.4, -0.2) is 27.2 Å². The van der Waals surface area contributed by atoms with Crippen LogP contribution in [0, 0.1) is 11.6 Å². The quantitative estimate of drug-likeness (QED) is 0.404. The molecular weight excluding hydrogens is 394 g/mol.